The topological polar surface area (TPSA) is 12.9 Å². The molecule has 0 aliphatic carbocycles. The average Bonchev–Trinajstić information content (AvgIpc) is 1.94. The lowest BCUT2D eigenvalue weighted by atomic mass is 10.2. The summed E-state index contributed by atoms with van der Waals surface area (Å²) in [5, 5.41) is 0. The van der Waals surface area contributed by atoms with E-state index < -0.39 is 6.43 Å². The molecule has 0 aliphatic heterocycles. The molecule has 0 atom stereocenters. The first-order valence-electron chi connectivity index (χ1n) is 3.02. The lowest BCUT2D eigenvalue weighted by Gasteiger charge is -2.03. The quantitative estimate of drug-likeness (QED) is 0.564. The van der Waals surface area contributed by atoms with Crippen molar-refractivity contribution in [2.24, 2.45) is 0 Å². The van der Waals surface area contributed by atoms with Gasteiger partial charge in [0.2, 0.25) is 0 Å². The molecule has 0 unspecified atom stereocenters. The van der Waals surface area contributed by atoms with Crippen LogP contribution in [0.4, 0.5) is 8.78 Å². The summed E-state index contributed by atoms with van der Waals surface area (Å²) in [6.07, 6.45) is -0.998. The summed E-state index contributed by atoms with van der Waals surface area (Å²) in [4.78, 5) is 3.88. The van der Waals surface area contributed by atoms with Gasteiger partial charge >= 0.3 is 0 Å². The number of pyridine rings is 1. The molecule has 4 heteroatoms. The fraction of sp³-hybridized carbons (Fsp3) is 0.286. The van der Waals surface area contributed by atoms with Crippen LogP contribution >= 0.6 is 22.6 Å². The van der Waals surface area contributed by atoms with Crippen LogP contribution < -0.4 is 0 Å². The Morgan fingerprint density at radius 3 is 2.64 bits per heavy atom. The molecule has 1 nitrogen and oxygen atoms in total. The van der Waals surface area contributed by atoms with E-state index in [9.17, 15) is 8.78 Å². The molecular weight excluding hydrogens is 263 g/mol. The minimum absolute atomic E-state index is 0.0735. The van der Waals surface area contributed by atoms with Crippen molar-refractivity contribution in [3.8, 4) is 0 Å². The third-order valence-electron chi connectivity index (χ3n) is 1.42. The second-order valence-corrected chi connectivity index (χ2v) is 3.14. The Hall–Kier alpha value is -0.260. The van der Waals surface area contributed by atoms with Crippen LogP contribution in [-0.2, 0) is 0 Å². The summed E-state index contributed by atoms with van der Waals surface area (Å²) < 4.78 is 25.0. The summed E-state index contributed by atoms with van der Waals surface area (Å²) in [6, 6.07) is 1.35. The van der Waals surface area contributed by atoms with Crippen molar-refractivity contribution in [2.45, 2.75) is 13.3 Å². The van der Waals surface area contributed by atoms with Gasteiger partial charge in [-0.1, -0.05) is 0 Å². The van der Waals surface area contributed by atoms with Crippen LogP contribution in [-0.4, -0.2) is 4.98 Å². The van der Waals surface area contributed by atoms with Gasteiger partial charge in [-0.05, 0) is 41.1 Å². The highest BCUT2D eigenvalue weighted by molar-refractivity contribution is 14.1. The highest BCUT2D eigenvalue weighted by Gasteiger charge is 2.11. The van der Waals surface area contributed by atoms with Gasteiger partial charge in [0.15, 0.2) is 0 Å². The van der Waals surface area contributed by atoms with Crippen molar-refractivity contribution >= 4 is 22.6 Å². The molecule has 1 aromatic heterocycles. The first-order valence-corrected chi connectivity index (χ1v) is 4.10. The molecule has 0 amide bonds. The standard InChI is InChI=1S/C7H6F2IN/c1-4-5(6(8)9)2-3-11-7(4)10/h2-3,6H,1H3. The first-order chi connectivity index (χ1) is 5.13. The van der Waals surface area contributed by atoms with Crippen molar-refractivity contribution in [2.75, 3.05) is 0 Å². The molecule has 0 aliphatic rings. The molecule has 0 saturated heterocycles. The molecule has 1 heterocycles. The third-order valence-corrected chi connectivity index (χ3v) is 2.51. The van der Waals surface area contributed by atoms with Gasteiger partial charge in [-0.3, -0.25) is 4.98 Å². The monoisotopic (exact) mass is 269 g/mol. The minimum Gasteiger partial charge on any atom is -0.250 e. The summed E-state index contributed by atoms with van der Waals surface area (Å²) >= 11 is 1.94. The van der Waals surface area contributed by atoms with Gasteiger partial charge in [0.1, 0.15) is 3.70 Å². The molecule has 0 spiro atoms. The molecule has 0 aromatic carbocycles. The summed E-state index contributed by atoms with van der Waals surface area (Å²) in [6.45, 7) is 1.65. The van der Waals surface area contributed by atoms with E-state index in [1.54, 1.807) is 6.92 Å². The van der Waals surface area contributed by atoms with Gasteiger partial charge in [0, 0.05) is 11.8 Å². The Labute approximate surface area is 77.0 Å². The van der Waals surface area contributed by atoms with Crippen LogP contribution in [0, 0.1) is 10.6 Å². The lowest BCUT2D eigenvalue weighted by molar-refractivity contribution is 0.150. The molecule has 0 saturated carbocycles. The normalized spacial score (nSPS) is 10.6. The number of aromatic nitrogens is 1. The summed E-state index contributed by atoms with van der Waals surface area (Å²) in [7, 11) is 0. The molecule has 1 rings (SSSR count). The van der Waals surface area contributed by atoms with E-state index in [0.717, 1.165) is 0 Å². The van der Waals surface area contributed by atoms with E-state index >= 15 is 0 Å². The molecule has 0 fully saturated rings. The van der Waals surface area contributed by atoms with Crippen LogP contribution in [0.3, 0.4) is 0 Å². The van der Waals surface area contributed by atoms with Crippen molar-refractivity contribution in [1.29, 1.82) is 0 Å². The number of rotatable bonds is 1. The Morgan fingerprint density at radius 2 is 2.18 bits per heavy atom. The maximum absolute atomic E-state index is 12.2. The predicted octanol–water partition coefficient (Wildman–Crippen LogP) is 2.93. The molecular formula is C7H6F2IN. The molecule has 1 aromatic rings. The number of nitrogens with zero attached hydrogens (tertiary/aromatic N) is 1. The highest BCUT2D eigenvalue weighted by atomic mass is 127. The smallest absolute Gasteiger partial charge is 0.250 e. The Kier molecular flexibility index (Phi) is 2.75. The lowest BCUT2D eigenvalue weighted by Crippen LogP contribution is -1.94. The molecule has 0 N–H and O–H groups in total. The highest BCUT2D eigenvalue weighted by Crippen LogP contribution is 2.23. The second-order valence-electron chi connectivity index (χ2n) is 2.12. The maximum Gasteiger partial charge on any atom is 0.264 e. The Bertz CT molecular complexity index is 263. The number of alkyl halides is 2. The Balaban J connectivity index is 3.17. The van der Waals surface area contributed by atoms with Gasteiger partial charge < -0.3 is 0 Å². The van der Waals surface area contributed by atoms with E-state index in [2.05, 4.69) is 4.98 Å². The fourth-order valence-electron chi connectivity index (χ4n) is 0.760. The molecule has 0 bridgehead atoms. The van der Waals surface area contributed by atoms with Crippen LogP contribution in [0.2, 0.25) is 0 Å². The van der Waals surface area contributed by atoms with Crippen molar-refractivity contribution in [3.05, 3.63) is 27.1 Å². The van der Waals surface area contributed by atoms with E-state index in [1.165, 1.54) is 12.3 Å². The minimum atomic E-state index is -2.40. The van der Waals surface area contributed by atoms with Gasteiger partial charge in [-0.15, -0.1) is 0 Å². The van der Waals surface area contributed by atoms with Crippen LogP contribution in [0.5, 0.6) is 0 Å². The first kappa shape index (κ1) is 8.83. The zero-order valence-electron chi connectivity index (χ0n) is 5.81. The van der Waals surface area contributed by atoms with Gasteiger partial charge in [0.25, 0.3) is 6.43 Å². The number of hydrogen-bond donors (Lipinski definition) is 0. The van der Waals surface area contributed by atoms with Crippen molar-refractivity contribution in [1.82, 2.24) is 4.98 Å². The Morgan fingerprint density at radius 1 is 1.55 bits per heavy atom. The van der Waals surface area contributed by atoms with Crippen molar-refractivity contribution in [3.63, 3.8) is 0 Å². The van der Waals surface area contributed by atoms with E-state index in [1.807, 2.05) is 22.6 Å². The number of halogens is 3. The third kappa shape index (κ3) is 1.85. The maximum atomic E-state index is 12.2. The van der Waals surface area contributed by atoms with Gasteiger partial charge in [0.05, 0.1) is 0 Å². The zero-order chi connectivity index (χ0) is 8.43. The molecule has 11 heavy (non-hydrogen) atoms. The summed E-state index contributed by atoms with van der Waals surface area (Å²) in [5.41, 5.74) is 0.646. The van der Waals surface area contributed by atoms with Crippen molar-refractivity contribution < 1.29 is 8.78 Å². The van der Waals surface area contributed by atoms with Crippen LogP contribution in [0.1, 0.15) is 17.6 Å². The number of hydrogen-bond acceptors (Lipinski definition) is 1. The average molecular weight is 269 g/mol. The predicted molar refractivity (Wildman–Crippen MR) is 46.6 cm³/mol. The summed E-state index contributed by atoms with van der Waals surface area (Å²) in [5.74, 6) is 0. The van der Waals surface area contributed by atoms with Crippen LogP contribution in [0.25, 0.3) is 0 Å². The molecule has 60 valence electrons. The molecule has 0 radical (unpaired) electrons. The van der Waals surface area contributed by atoms with Gasteiger partial charge in [-0.25, -0.2) is 8.78 Å². The van der Waals surface area contributed by atoms with E-state index in [0.29, 0.717) is 9.26 Å². The SMILES string of the molecule is Cc1c(C(F)F)ccnc1I. The largest absolute Gasteiger partial charge is 0.264 e. The van der Waals surface area contributed by atoms with E-state index in [4.69, 9.17) is 0 Å². The second kappa shape index (κ2) is 3.42. The van der Waals surface area contributed by atoms with Crippen LogP contribution in [0.15, 0.2) is 12.3 Å². The van der Waals surface area contributed by atoms with Gasteiger partial charge in [-0.2, -0.15) is 0 Å². The van der Waals surface area contributed by atoms with E-state index in [-0.39, 0.29) is 5.56 Å². The fourth-order valence-corrected chi connectivity index (χ4v) is 1.23. The zero-order valence-corrected chi connectivity index (χ0v) is 7.97.